The molecule has 1 saturated carbocycles. The highest BCUT2D eigenvalue weighted by molar-refractivity contribution is 5.94. The second-order valence-corrected chi connectivity index (χ2v) is 4.03. The molecule has 1 heterocycles. The van der Waals surface area contributed by atoms with Crippen molar-refractivity contribution in [2.24, 2.45) is 5.92 Å². The van der Waals surface area contributed by atoms with Crippen molar-refractivity contribution in [3.8, 4) is 6.07 Å². The van der Waals surface area contributed by atoms with Gasteiger partial charge < -0.3 is 15.4 Å². The molecule has 1 atom stereocenters. The number of nitrogens with zero attached hydrogens (tertiary/aromatic N) is 1. The second-order valence-electron chi connectivity index (χ2n) is 4.03. The van der Waals surface area contributed by atoms with Gasteiger partial charge in [0.05, 0.1) is 11.7 Å². The third kappa shape index (κ3) is 2.41. The maximum atomic E-state index is 11.6. The van der Waals surface area contributed by atoms with Gasteiger partial charge in [0.1, 0.15) is 11.8 Å². The molecule has 1 fully saturated rings. The number of aliphatic hydroxyl groups excluding tert-OH is 1. The number of aromatic nitrogens is 1. The molecule has 1 aromatic rings. The monoisotopic (exact) mass is 219 g/mol. The van der Waals surface area contributed by atoms with Crippen LogP contribution in [0.1, 0.15) is 28.9 Å². The summed E-state index contributed by atoms with van der Waals surface area (Å²) in [5, 5.41) is 20.8. The highest BCUT2D eigenvalue weighted by Gasteiger charge is 2.29. The smallest absolute Gasteiger partial charge is 0.252 e. The number of nitriles is 1. The zero-order chi connectivity index (χ0) is 11.5. The average molecular weight is 219 g/mol. The van der Waals surface area contributed by atoms with Gasteiger partial charge in [0.25, 0.3) is 5.91 Å². The molecular formula is C11H13N3O2. The van der Waals surface area contributed by atoms with Crippen LogP contribution in [0.4, 0.5) is 0 Å². The minimum atomic E-state index is -0.446. The zero-order valence-corrected chi connectivity index (χ0v) is 8.73. The molecule has 16 heavy (non-hydrogen) atoms. The van der Waals surface area contributed by atoms with Gasteiger partial charge in [0.15, 0.2) is 0 Å². The van der Waals surface area contributed by atoms with E-state index in [1.807, 2.05) is 6.07 Å². The van der Waals surface area contributed by atoms with Crippen LogP contribution in [-0.2, 0) is 0 Å². The summed E-state index contributed by atoms with van der Waals surface area (Å²) >= 11 is 0. The molecule has 1 aromatic heterocycles. The van der Waals surface area contributed by atoms with E-state index in [0.29, 0.717) is 17.2 Å². The maximum Gasteiger partial charge on any atom is 0.252 e. The average Bonchev–Trinajstić information content (AvgIpc) is 3.03. The van der Waals surface area contributed by atoms with Crippen LogP contribution >= 0.6 is 0 Å². The van der Waals surface area contributed by atoms with Crippen LogP contribution in [0.15, 0.2) is 12.3 Å². The van der Waals surface area contributed by atoms with Crippen molar-refractivity contribution in [3.63, 3.8) is 0 Å². The Bertz CT molecular complexity index is 429. The van der Waals surface area contributed by atoms with Gasteiger partial charge in [-0.25, -0.2) is 0 Å². The standard InChI is InChI=1S/C11H13N3O2/c12-4-9-3-8(5-13-9)11(16)14-6-10(15)7-1-2-7/h3,5,7,10,13,15H,1-2,6H2,(H,14,16). The van der Waals surface area contributed by atoms with E-state index >= 15 is 0 Å². The number of carbonyl (C=O) groups is 1. The number of rotatable bonds is 4. The molecule has 0 spiro atoms. The van der Waals surface area contributed by atoms with Gasteiger partial charge in [0.2, 0.25) is 0 Å². The van der Waals surface area contributed by atoms with E-state index in [1.165, 1.54) is 12.3 Å². The van der Waals surface area contributed by atoms with E-state index in [0.717, 1.165) is 12.8 Å². The van der Waals surface area contributed by atoms with Crippen molar-refractivity contribution in [2.75, 3.05) is 6.54 Å². The van der Waals surface area contributed by atoms with Crippen molar-refractivity contribution < 1.29 is 9.90 Å². The summed E-state index contributed by atoms with van der Waals surface area (Å²) in [5.74, 6) is 0.0821. The highest BCUT2D eigenvalue weighted by Crippen LogP contribution is 2.32. The molecule has 0 bridgehead atoms. The van der Waals surface area contributed by atoms with Crippen LogP contribution in [-0.4, -0.2) is 28.6 Å². The minimum absolute atomic E-state index is 0.266. The molecule has 84 valence electrons. The van der Waals surface area contributed by atoms with Crippen LogP contribution in [0.25, 0.3) is 0 Å². The predicted octanol–water partition coefficient (Wildman–Crippen LogP) is 0.387. The first-order valence-corrected chi connectivity index (χ1v) is 5.25. The van der Waals surface area contributed by atoms with Gasteiger partial charge in [-0.2, -0.15) is 5.26 Å². The zero-order valence-electron chi connectivity index (χ0n) is 8.73. The Morgan fingerprint density at radius 1 is 1.75 bits per heavy atom. The van der Waals surface area contributed by atoms with Crippen molar-refractivity contribution >= 4 is 5.91 Å². The van der Waals surface area contributed by atoms with Gasteiger partial charge in [-0.15, -0.1) is 0 Å². The lowest BCUT2D eigenvalue weighted by Gasteiger charge is -2.09. The third-order valence-corrected chi connectivity index (χ3v) is 2.70. The molecule has 5 nitrogen and oxygen atoms in total. The van der Waals surface area contributed by atoms with Crippen LogP contribution < -0.4 is 5.32 Å². The molecule has 5 heteroatoms. The molecule has 1 amide bonds. The van der Waals surface area contributed by atoms with E-state index in [1.54, 1.807) is 0 Å². The Kier molecular flexibility index (Phi) is 2.93. The number of aliphatic hydroxyl groups is 1. The second kappa shape index (κ2) is 4.37. The number of hydrogen-bond acceptors (Lipinski definition) is 3. The molecular weight excluding hydrogens is 206 g/mol. The van der Waals surface area contributed by atoms with E-state index in [4.69, 9.17) is 5.26 Å². The van der Waals surface area contributed by atoms with Crippen molar-refractivity contribution in [3.05, 3.63) is 23.5 Å². The van der Waals surface area contributed by atoms with Gasteiger partial charge in [-0.05, 0) is 24.8 Å². The lowest BCUT2D eigenvalue weighted by molar-refractivity contribution is 0.0901. The number of aromatic amines is 1. The van der Waals surface area contributed by atoms with Gasteiger partial charge in [-0.3, -0.25) is 4.79 Å². The minimum Gasteiger partial charge on any atom is -0.391 e. The lowest BCUT2D eigenvalue weighted by atomic mass is 10.2. The summed E-state index contributed by atoms with van der Waals surface area (Å²) in [6, 6.07) is 3.40. The largest absolute Gasteiger partial charge is 0.391 e. The highest BCUT2D eigenvalue weighted by atomic mass is 16.3. The topological polar surface area (TPSA) is 88.9 Å². The van der Waals surface area contributed by atoms with Crippen molar-refractivity contribution in [2.45, 2.75) is 18.9 Å². The Morgan fingerprint density at radius 2 is 2.50 bits per heavy atom. The number of nitrogens with one attached hydrogen (secondary N) is 2. The van der Waals surface area contributed by atoms with Crippen molar-refractivity contribution in [1.82, 2.24) is 10.3 Å². The Balaban J connectivity index is 1.85. The van der Waals surface area contributed by atoms with Gasteiger partial charge >= 0.3 is 0 Å². The maximum absolute atomic E-state index is 11.6. The summed E-state index contributed by atoms with van der Waals surface area (Å²) in [6.45, 7) is 0.274. The molecule has 0 aliphatic heterocycles. The SMILES string of the molecule is N#Cc1cc(C(=O)NCC(O)C2CC2)c[nH]1. The van der Waals surface area contributed by atoms with Crippen LogP contribution in [0, 0.1) is 17.2 Å². The summed E-state index contributed by atoms with van der Waals surface area (Å²) in [5.41, 5.74) is 0.771. The van der Waals surface area contributed by atoms with E-state index in [2.05, 4.69) is 10.3 Å². The molecule has 1 unspecified atom stereocenters. The first kappa shape index (κ1) is 10.7. The number of hydrogen-bond donors (Lipinski definition) is 3. The predicted molar refractivity (Wildman–Crippen MR) is 56.6 cm³/mol. The number of H-pyrrole nitrogens is 1. The first-order chi connectivity index (χ1) is 7.70. The van der Waals surface area contributed by atoms with E-state index in [9.17, 15) is 9.90 Å². The van der Waals surface area contributed by atoms with Crippen molar-refractivity contribution in [1.29, 1.82) is 5.26 Å². The van der Waals surface area contributed by atoms with Crippen LogP contribution in [0.5, 0.6) is 0 Å². The molecule has 3 N–H and O–H groups in total. The first-order valence-electron chi connectivity index (χ1n) is 5.25. The Labute approximate surface area is 93.1 Å². The summed E-state index contributed by atoms with van der Waals surface area (Å²) in [6.07, 6.45) is 3.12. The molecule has 1 aliphatic carbocycles. The van der Waals surface area contributed by atoms with E-state index in [-0.39, 0.29) is 12.5 Å². The third-order valence-electron chi connectivity index (χ3n) is 2.70. The molecule has 1 aliphatic rings. The molecule has 0 aromatic carbocycles. The number of carbonyl (C=O) groups excluding carboxylic acids is 1. The Morgan fingerprint density at radius 3 is 3.06 bits per heavy atom. The van der Waals surface area contributed by atoms with Gasteiger partial charge in [-0.1, -0.05) is 0 Å². The summed E-state index contributed by atoms with van der Waals surface area (Å²) in [7, 11) is 0. The molecule has 2 rings (SSSR count). The molecule has 0 saturated heterocycles. The normalized spacial score (nSPS) is 16.5. The number of amides is 1. The Hall–Kier alpha value is -1.80. The summed E-state index contributed by atoms with van der Waals surface area (Å²) < 4.78 is 0. The van der Waals surface area contributed by atoms with Gasteiger partial charge in [0, 0.05) is 12.7 Å². The fourth-order valence-corrected chi connectivity index (χ4v) is 1.54. The quantitative estimate of drug-likeness (QED) is 0.684. The molecule has 0 radical (unpaired) electrons. The van der Waals surface area contributed by atoms with Crippen LogP contribution in [0.3, 0.4) is 0 Å². The summed E-state index contributed by atoms with van der Waals surface area (Å²) in [4.78, 5) is 14.2. The fraction of sp³-hybridized carbons (Fsp3) is 0.455. The van der Waals surface area contributed by atoms with Crippen LogP contribution in [0.2, 0.25) is 0 Å². The fourth-order valence-electron chi connectivity index (χ4n) is 1.54. The van der Waals surface area contributed by atoms with E-state index < -0.39 is 6.10 Å². The lowest BCUT2D eigenvalue weighted by Crippen LogP contribution is -2.32.